The van der Waals surface area contributed by atoms with Crippen molar-refractivity contribution in [3.05, 3.63) is 0 Å². The Kier molecular flexibility index (Phi) is 3.29. The molecule has 0 saturated heterocycles. The summed E-state index contributed by atoms with van der Waals surface area (Å²) in [5.74, 6) is -5.77. The Balaban J connectivity index is 4.52. The average molecular weight is 202 g/mol. The van der Waals surface area contributed by atoms with Crippen LogP contribution in [0.5, 0.6) is 0 Å². The zero-order valence-electron chi connectivity index (χ0n) is 7.15. The summed E-state index contributed by atoms with van der Waals surface area (Å²) in [6, 6.07) is 0. The highest BCUT2D eigenvalue weighted by molar-refractivity contribution is 5.73. The lowest BCUT2D eigenvalue weighted by atomic mass is 9.86. The molecule has 0 spiro atoms. The van der Waals surface area contributed by atoms with Crippen molar-refractivity contribution in [1.29, 1.82) is 0 Å². The van der Waals surface area contributed by atoms with Crippen molar-refractivity contribution >= 4 is 5.97 Å². The molecular formula is C7H10F4O2. The standard InChI is InChI=1S/C7H10F4O2/c1-6(2,5(12)13)3-7(10,11)4(8)9/h4H,3H2,1-2H3,(H,12,13). The van der Waals surface area contributed by atoms with Crippen molar-refractivity contribution in [1.82, 2.24) is 0 Å². The van der Waals surface area contributed by atoms with Crippen molar-refractivity contribution in [3.63, 3.8) is 0 Å². The molecule has 0 heterocycles. The van der Waals surface area contributed by atoms with Crippen LogP contribution in [0, 0.1) is 5.41 Å². The highest BCUT2D eigenvalue weighted by atomic mass is 19.3. The molecule has 0 aliphatic rings. The van der Waals surface area contributed by atoms with Crippen LogP contribution in [0.3, 0.4) is 0 Å². The molecule has 0 bridgehead atoms. The third-order valence-electron chi connectivity index (χ3n) is 1.58. The monoisotopic (exact) mass is 202 g/mol. The Morgan fingerprint density at radius 3 is 2.00 bits per heavy atom. The third-order valence-corrected chi connectivity index (χ3v) is 1.58. The van der Waals surface area contributed by atoms with Gasteiger partial charge in [0.2, 0.25) is 0 Å². The van der Waals surface area contributed by atoms with Crippen LogP contribution >= 0.6 is 0 Å². The summed E-state index contributed by atoms with van der Waals surface area (Å²) in [6.45, 7) is 1.96. The first-order chi connectivity index (χ1) is 5.59. The topological polar surface area (TPSA) is 37.3 Å². The summed E-state index contributed by atoms with van der Waals surface area (Å²) in [5.41, 5.74) is -1.85. The molecule has 0 aliphatic carbocycles. The number of hydrogen-bond donors (Lipinski definition) is 1. The molecule has 0 aromatic rings. The van der Waals surface area contributed by atoms with Crippen molar-refractivity contribution in [2.24, 2.45) is 5.41 Å². The molecule has 0 fully saturated rings. The molecule has 0 aromatic heterocycles. The number of aliphatic carboxylic acids is 1. The molecule has 0 rings (SSSR count). The summed E-state index contributed by atoms with van der Waals surface area (Å²) >= 11 is 0. The molecule has 0 unspecified atom stereocenters. The lowest BCUT2D eigenvalue weighted by Gasteiger charge is -2.24. The van der Waals surface area contributed by atoms with Crippen LogP contribution in [0.25, 0.3) is 0 Å². The van der Waals surface area contributed by atoms with Gasteiger partial charge in [-0.05, 0) is 13.8 Å². The Hall–Kier alpha value is -0.810. The smallest absolute Gasteiger partial charge is 0.309 e. The number of rotatable bonds is 4. The molecule has 0 atom stereocenters. The highest BCUT2D eigenvalue weighted by Crippen LogP contribution is 2.36. The highest BCUT2D eigenvalue weighted by Gasteiger charge is 2.47. The van der Waals surface area contributed by atoms with E-state index in [1.165, 1.54) is 0 Å². The second-order valence-electron chi connectivity index (χ2n) is 3.43. The summed E-state index contributed by atoms with van der Waals surface area (Å²) in [7, 11) is 0. The molecule has 0 aromatic carbocycles. The van der Waals surface area contributed by atoms with Crippen LogP contribution in [0.2, 0.25) is 0 Å². The molecule has 1 N–H and O–H groups in total. The lowest BCUT2D eigenvalue weighted by molar-refractivity contribution is -0.169. The van der Waals surface area contributed by atoms with E-state index in [2.05, 4.69) is 0 Å². The Morgan fingerprint density at radius 2 is 1.77 bits per heavy atom. The Bertz CT molecular complexity index is 201. The number of alkyl halides is 4. The second kappa shape index (κ2) is 3.51. The molecule has 0 saturated carbocycles. The minimum atomic E-state index is -4.25. The van der Waals surface area contributed by atoms with Gasteiger partial charge in [-0.15, -0.1) is 0 Å². The van der Waals surface area contributed by atoms with Crippen molar-refractivity contribution in [2.75, 3.05) is 0 Å². The molecule has 78 valence electrons. The largest absolute Gasteiger partial charge is 0.481 e. The second-order valence-corrected chi connectivity index (χ2v) is 3.43. The minimum Gasteiger partial charge on any atom is -0.481 e. The summed E-state index contributed by atoms with van der Waals surface area (Å²) in [5, 5.41) is 8.41. The van der Waals surface area contributed by atoms with Crippen LogP contribution < -0.4 is 0 Å². The zero-order valence-corrected chi connectivity index (χ0v) is 7.15. The maximum atomic E-state index is 12.4. The van der Waals surface area contributed by atoms with Gasteiger partial charge in [-0.1, -0.05) is 0 Å². The van der Waals surface area contributed by atoms with Crippen LogP contribution in [-0.2, 0) is 4.79 Å². The van der Waals surface area contributed by atoms with Gasteiger partial charge >= 0.3 is 18.3 Å². The fourth-order valence-corrected chi connectivity index (χ4v) is 0.742. The van der Waals surface area contributed by atoms with Crippen LogP contribution in [-0.4, -0.2) is 23.4 Å². The van der Waals surface area contributed by atoms with Crippen molar-refractivity contribution in [2.45, 2.75) is 32.6 Å². The van der Waals surface area contributed by atoms with E-state index in [9.17, 15) is 22.4 Å². The number of carboxylic acid groups (broad SMARTS) is 1. The van der Waals surface area contributed by atoms with Crippen LogP contribution in [0.1, 0.15) is 20.3 Å². The van der Waals surface area contributed by atoms with E-state index in [0.717, 1.165) is 13.8 Å². The fourth-order valence-electron chi connectivity index (χ4n) is 0.742. The van der Waals surface area contributed by atoms with E-state index in [1.54, 1.807) is 0 Å². The zero-order chi connectivity index (χ0) is 10.9. The first kappa shape index (κ1) is 12.2. The SMILES string of the molecule is CC(C)(CC(F)(F)C(F)F)C(=O)O. The predicted molar refractivity (Wildman–Crippen MR) is 37.0 cm³/mol. The number of hydrogen-bond acceptors (Lipinski definition) is 1. The third kappa shape index (κ3) is 3.20. The first-order valence-corrected chi connectivity index (χ1v) is 3.49. The van der Waals surface area contributed by atoms with Gasteiger partial charge in [0.25, 0.3) is 0 Å². The van der Waals surface area contributed by atoms with Gasteiger partial charge in [0.05, 0.1) is 5.41 Å². The van der Waals surface area contributed by atoms with Gasteiger partial charge in [0.1, 0.15) is 0 Å². The molecule has 6 heteroatoms. The van der Waals surface area contributed by atoms with Gasteiger partial charge in [-0.25, -0.2) is 17.6 Å². The first-order valence-electron chi connectivity index (χ1n) is 3.49. The molecule has 0 aliphatic heterocycles. The van der Waals surface area contributed by atoms with Gasteiger partial charge in [-0.3, -0.25) is 4.79 Å². The average Bonchev–Trinajstić information content (AvgIpc) is 1.83. The fraction of sp³-hybridized carbons (Fsp3) is 0.857. The number of carboxylic acids is 1. The van der Waals surface area contributed by atoms with Gasteiger partial charge in [-0.2, -0.15) is 0 Å². The Morgan fingerprint density at radius 1 is 1.38 bits per heavy atom. The van der Waals surface area contributed by atoms with E-state index < -0.39 is 30.2 Å². The summed E-state index contributed by atoms with van der Waals surface area (Å²) in [4.78, 5) is 10.3. The van der Waals surface area contributed by atoms with E-state index >= 15 is 0 Å². The lowest BCUT2D eigenvalue weighted by Crippen LogP contribution is -2.37. The van der Waals surface area contributed by atoms with E-state index in [4.69, 9.17) is 5.11 Å². The maximum absolute atomic E-state index is 12.4. The predicted octanol–water partition coefficient (Wildman–Crippen LogP) is 2.39. The number of halogens is 4. The maximum Gasteiger partial charge on any atom is 0.309 e. The number of carbonyl (C=O) groups is 1. The van der Waals surface area contributed by atoms with Crippen LogP contribution in [0.4, 0.5) is 17.6 Å². The normalized spacial score (nSPS) is 13.5. The van der Waals surface area contributed by atoms with Crippen LogP contribution in [0.15, 0.2) is 0 Å². The van der Waals surface area contributed by atoms with Gasteiger partial charge < -0.3 is 5.11 Å². The van der Waals surface area contributed by atoms with E-state index in [-0.39, 0.29) is 0 Å². The molecule has 0 amide bonds. The van der Waals surface area contributed by atoms with E-state index in [1.807, 2.05) is 0 Å². The van der Waals surface area contributed by atoms with Gasteiger partial charge in [0, 0.05) is 6.42 Å². The quantitative estimate of drug-likeness (QED) is 0.710. The molecule has 0 radical (unpaired) electrons. The van der Waals surface area contributed by atoms with Crippen molar-refractivity contribution < 1.29 is 27.5 Å². The van der Waals surface area contributed by atoms with Crippen molar-refractivity contribution in [3.8, 4) is 0 Å². The molecule has 13 heavy (non-hydrogen) atoms. The minimum absolute atomic E-state index is 0.978. The Labute approximate surface area is 72.5 Å². The summed E-state index contributed by atoms with van der Waals surface area (Å²) < 4.78 is 48.1. The molecular weight excluding hydrogens is 192 g/mol. The van der Waals surface area contributed by atoms with Gasteiger partial charge in [0.15, 0.2) is 0 Å². The molecule has 2 nitrogen and oxygen atoms in total. The summed E-state index contributed by atoms with van der Waals surface area (Å²) in [6.07, 6.45) is -5.20. The van der Waals surface area contributed by atoms with E-state index in [0.29, 0.717) is 0 Å².